The van der Waals surface area contributed by atoms with Crippen LogP contribution in [-0.4, -0.2) is 22.3 Å². The Balaban J connectivity index is 1.92. The number of alkyl halides is 2. The van der Waals surface area contributed by atoms with Gasteiger partial charge in [-0.2, -0.15) is 13.9 Å². The van der Waals surface area contributed by atoms with E-state index in [0.29, 0.717) is 22.2 Å². The Morgan fingerprint density at radius 1 is 1.19 bits per heavy atom. The Labute approximate surface area is 153 Å². The molecular weight excluding hydrogens is 364 g/mol. The number of aromatic nitrogens is 2. The minimum absolute atomic E-state index is 0.00991. The van der Waals surface area contributed by atoms with Gasteiger partial charge in [-0.05, 0) is 37.3 Å². The van der Waals surface area contributed by atoms with Crippen LogP contribution in [0, 0.1) is 6.92 Å². The summed E-state index contributed by atoms with van der Waals surface area (Å²) in [5.41, 5.74) is 1.31. The third kappa shape index (κ3) is 4.00. The number of nitrogens with one attached hydrogen (secondary N) is 1. The van der Waals surface area contributed by atoms with Crippen molar-refractivity contribution in [3.63, 3.8) is 0 Å². The molecule has 0 saturated heterocycles. The molecule has 1 N–H and O–H groups in total. The average molecular weight is 378 g/mol. The maximum Gasteiger partial charge on any atom is 0.387 e. The van der Waals surface area contributed by atoms with Crippen LogP contribution < -0.4 is 10.1 Å². The molecule has 3 aromatic rings. The van der Waals surface area contributed by atoms with Crippen molar-refractivity contribution in [3.05, 3.63) is 70.9 Å². The summed E-state index contributed by atoms with van der Waals surface area (Å²) in [5.74, 6) is -0.420. The quantitative estimate of drug-likeness (QED) is 0.702. The summed E-state index contributed by atoms with van der Waals surface area (Å²) in [4.78, 5) is 12.6. The zero-order valence-corrected chi connectivity index (χ0v) is 14.4. The number of aryl methyl sites for hydroxylation is 1. The molecule has 26 heavy (non-hydrogen) atoms. The highest BCUT2D eigenvalue weighted by molar-refractivity contribution is 6.30. The topological polar surface area (TPSA) is 56.1 Å². The van der Waals surface area contributed by atoms with Crippen molar-refractivity contribution >= 4 is 23.3 Å². The SMILES string of the molecule is Cc1cc(NC(=O)c2ccccc2OC(F)F)n(-c2cccc(Cl)c2)n1. The van der Waals surface area contributed by atoms with Gasteiger partial charge in [0.2, 0.25) is 0 Å². The molecule has 8 heteroatoms. The molecule has 0 bridgehead atoms. The van der Waals surface area contributed by atoms with Crippen LogP contribution in [0.1, 0.15) is 16.1 Å². The summed E-state index contributed by atoms with van der Waals surface area (Å²) in [6.45, 7) is -1.26. The molecule has 5 nitrogen and oxygen atoms in total. The molecule has 1 aromatic heterocycles. The first-order valence-electron chi connectivity index (χ1n) is 7.62. The monoisotopic (exact) mass is 377 g/mol. The Morgan fingerprint density at radius 3 is 2.69 bits per heavy atom. The minimum Gasteiger partial charge on any atom is -0.434 e. The average Bonchev–Trinajstić information content (AvgIpc) is 2.95. The maximum atomic E-state index is 12.6. The van der Waals surface area contributed by atoms with Gasteiger partial charge in [0.1, 0.15) is 11.6 Å². The number of anilines is 1. The van der Waals surface area contributed by atoms with Gasteiger partial charge in [0, 0.05) is 11.1 Å². The van der Waals surface area contributed by atoms with Crippen LogP contribution in [0.25, 0.3) is 5.69 Å². The number of hydrogen-bond donors (Lipinski definition) is 1. The number of carbonyl (C=O) groups excluding carboxylic acids is 1. The number of nitrogens with zero attached hydrogens (tertiary/aromatic N) is 2. The molecule has 0 spiro atoms. The van der Waals surface area contributed by atoms with Gasteiger partial charge in [-0.3, -0.25) is 4.79 Å². The molecule has 134 valence electrons. The summed E-state index contributed by atoms with van der Waals surface area (Å²) in [6, 6.07) is 14.4. The Morgan fingerprint density at radius 2 is 1.96 bits per heavy atom. The highest BCUT2D eigenvalue weighted by atomic mass is 35.5. The van der Waals surface area contributed by atoms with Crippen LogP contribution in [-0.2, 0) is 0 Å². The van der Waals surface area contributed by atoms with E-state index in [4.69, 9.17) is 11.6 Å². The second-order valence-corrected chi connectivity index (χ2v) is 5.83. The van der Waals surface area contributed by atoms with Gasteiger partial charge in [0.05, 0.1) is 16.9 Å². The zero-order chi connectivity index (χ0) is 18.7. The van der Waals surface area contributed by atoms with Crippen LogP contribution in [0.5, 0.6) is 5.75 Å². The van der Waals surface area contributed by atoms with Crippen molar-refractivity contribution in [1.29, 1.82) is 0 Å². The number of benzene rings is 2. The minimum atomic E-state index is -3.02. The standard InChI is InChI=1S/C18H14ClF2N3O2/c1-11-9-16(24(23-11)13-6-4-5-12(19)10-13)22-17(25)14-7-2-3-8-15(14)26-18(20)21/h2-10,18H,1H3,(H,22,25). The molecule has 0 aliphatic heterocycles. The summed E-state index contributed by atoms with van der Waals surface area (Å²) in [5, 5.41) is 7.52. The van der Waals surface area contributed by atoms with Gasteiger partial charge in [-0.1, -0.05) is 29.8 Å². The van der Waals surface area contributed by atoms with Gasteiger partial charge in [0.25, 0.3) is 5.91 Å². The van der Waals surface area contributed by atoms with Gasteiger partial charge >= 0.3 is 6.61 Å². The van der Waals surface area contributed by atoms with E-state index in [1.165, 1.54) is 22.9 Å². The van der Waals surface area contributed by atoms with E-state index in [-0.39, 0.29) is 11.3 Å². The largest absolute Gasteiger partial charge is 0.434 e. The smallest absolute Gasteiger partial charge is 0.387 e. The van der Waals surface area contributed by atoms with E-state index in [2.05, 4.69) is 15.2 Å². The molecule has 2 aromatic carbocycles. The molecule has 1 heterocycles. The molecule has 0 aliphatic carbocycles. The van der Waals surface area contributed by atoms with Crippen LogP contribution >= 0.6 is 11.6 Å². The first-order valence-corrected chi connectivity index (χ1v) is 7.99. The third-order valence-electron chi connectivity index (χ3n) is 3.47. The van der Waals surface area contributed by atoms with Crippen molar-refractivity contribution in [2.75, 3.05) is 5.32 Å². The fourth-order valence-corrected chi connectivity index (χ4v) is 2.61. The third-order valence-corrected chi connectivity index (χ3v) is 3.71. The van der Waals surface area contributed by atoms with Crippen LogP contribution in [0.2, 0.25) is 5.02 Å². The molecule has 0 fully saturated rings. The second-order valence-electron chi connectivity index (χ2n) is 5.39. The lowest BCUT2D eigenvalue weighted by atomic mass is 10.2. The van der Waals surface area contributed by atoms with Gasteiger partial charge < -0.3 is 10.1 Å². The lowest BCUT2D eigenvalue weighted by molar-refractivity contribution is -0.0501. The van der Waals surface area contributed by atoms with Gasteiger partial charge in [0.15, 0.2) is 0 Å². The Kier molecular flexibility index (Phi) is 5.18. The zero-order valence-electron chi connectivity index (χ0n) is 13.6. The van der Waals surface area contributed by atoms with Crippen molar-refractivity contribution < 1.29 is 18.3 Å². The van der Waals surface area contributed by atoms with E-state index < -0.39 is 12.5 Å². The number of para-hydroxylation sites is 1. The maximum absolute atomic E-state index is 12.6. The van der Waals surface area contributed by atoms with E-state index in [0.717, 1.165) is 0 Å². The number of amides is 1. The Bertz CT molecular complexity index is 944. The lowest BCUT2D eigenvalue weighted by Crippen LogP contribution is -2.17. The highest BCUT2D eigenvalue weighted by Crippen LogP contribution is 2.24. The predicted molar refractivity (Wildman–Crippen MR) is 94.3 cm³/mol. The number of ether oxygens (including phenoxy) is 1. The van der Waals surface area contributed by atoms with E-state index in [9.17, 15) is 13.6 Å². The molecule has 0 aliphatic rings. The fraction of sp³-hybridized carbons (Fsp3) is 0.111. The van der Waals surface area contributed by atoms with E-state index in [1.54, 1.807) is 43.3 Å². The van der Waals surface area contributed by atoms with E-state index >= 15 is 0 Å². The molecule has 0 radical (unpaired) electrons. The summed E-state index contributed by atoms with van der Waals surface area (Å²) in [7, 11) is 0. The normalized spacial score (nSPS) is 10.8. The lowest BCUT2D eigenvalue weighted by Gasteiger charge is -2.12. The van der Waals surface area contributed by atoms with Crippen LogP contribution in [0.15, 0.2) is 54.6 Å². The van der Waals surface area contributed by atoms with Crippen molar-refractivity contribution in [1.82, 2.24) is 9.78 Å². The molecule has 0 unspecified atom stereocenters. The molecule has 1 amide bonds. The summed E-state index contributed by atoms with van der Waals surface area (Å²) >= 11 is 6.01. The number of hydrogen-bond acceptors (Lipinski definition) is 3. The van der Waals surface area contributed by atoms with Crippen molar-refractivity contribution in [3.8, 4) is 11.4 Å². The van der Waals surface area contributed by atoms with Crippen LogP contribution in [0.3, 0.4) is 0 Å². The fourth-order valence-electron chi connectivity index (χ4n) is 2.43. The number of carbonyl (C=O) groups is 1. The predicted octanol–water partition coefficient (Wildman–Crippen LogP) is 4.69. The Hall–Kier alpha value is -2.93. The van der Waals surface area contributed by atoms with E-state index in [1.807, 2.05) is 0 Å². The number of halogens is 3. The first kappa shape index (κ1) is 17.9. The molecule has 3 rings (SSSR count). The van der Waals surface area contributed by atoms with Gasteiger partial charge in [-0.25, -0.2) is 4.68 Å². The second kappa shape index (κ2) is 7.53. The molecular formula is C18H14ClF2N3O2. The van der Waals surface area contributed by atoms with Crippen LogP contribution in [0.4, 0.5) is 14.6 Å². The molecule has 0 saturated carbocycles. The highest BCUT2D eigenvalue weighted by Gasteiger charge is 2.18. The van der Waals surface area contributed by atoms with Gasteiger partial charge in [-0.15, -0.1) is 0 Å². The summed E-state index contributed by atoms with van der Waals surface area (Å²) in [6.07, 6.45) is 0. The number of rotatable bonds is 5. The van der Waals surface area contributed by atoms with Crippen molar-refractivity contribution in [2.24, 2.45) is 0 Å². The first-order chi connectivity index (χ1) is 12.4. The van der Waals surface area contributed by atoms with Crippen molar-refractivity contribution in [2.45, 2.75) is 13.5 Å². The summed E-state index contributed by atoms with van der Waals surface area (Å²) < 4.78 is 31.0. The molecule has 0 atom stereocenters.